The number of benzene rings is 1. The van der Waals surface area contributed by atoms with Crippen molar-refractivity contribution in [2.24, 2.45) is 0 Å². The van der Waals surface area contributed by atoms with Crippen LogP contribution in [-0.4, -0.2) is 19.7 Å². The van der Waals surface area contributed by atoms with Crippen LogP contribution in [0.15, 0.2) is 40.8 Å². The Morgan fingerprint density at radius 2 is 2.06 bits per heavy atom. The van der Waals surface area contributed by atoms with Crippen LogP contribution in [0.4, 0.5) is 0 Å². The van der Waals surface area contributed by atoms with E-state index in [2.05, 4.69) is 15.2 Å². The molecule has 0 aliphatic rings. The Hall–Kier alpha value is -2.21. The van der Waals surface area contributed by atoms with Crippen molar-refractivity contribution in [1.82, 2.24) is 19.7 Å². The second-order valence-electron chi connectivity index (χ2n) is 3.83. The molecular formula is C12H10N4OS. The van der Waals surface area contributed by atoms with Crippen LogP contribution in [0.5, 0.6) is 0 Å². The highest BCUT2D eigenvalue weighted by Crippen LogP contribution is 2.22. The average molecular weight is 258 g/mol. The second-order valence-corrected chi connectivity index (χ2v) is 4.89. The van der Waals surface area contributed by atoms with Gasteiger partial charge < -0.3 is 0 Å². The quantitative estimate of drug-likeness (QED) is 0.764. The third-order valence-electron chi connectivity index (χ3n) is 2.61. The van der Waals surface area contributed by atoms with Gasteiger partial charge in [-0.1, -0.05) is 12.1 Å². The zero-order valence-electron chi connectivity index (χ0n) is 9.62. The number of hydrogen-bond acceptors (Lipinski definition) is 4. The van der Waals surface area contributed by atoms with E-state index >= 15 is 0 Å². The molecule has 0 amide bonds. The maximum atomic E-state index is 11.4. The fourth-order valence-electron chi connectivity index (χ4n) is 1.72. The third kappa shape index (κ3) is 1.86. The summed E-state index contributed by atoms with van der Waals surface area (Å²) in [7, 11) is 0. The minimum Gasteiger partial charge on any atom is -0.250 e. The van der Waals surface area contributed by atoms with Crippen LogP contribution in [0.1, 0.15) is 5.01 Å². The van der Waals surface area contributed by atoms with Crippen LogP contribution >= 0.6 is 11.3 Å². The summed E-state index contributed by atoms with van der Waals surface area (Å²) >= 11 is 1.62. The van der Waals surface area contributed by atoms with Crippen molar-refractivity contribution in [3.05, 3.63) is 51.5 Å². The van der Waals surface area contributed by atoms with Gasteiger partial charge >= 0.3 is 5.69 Å². The molecule has 90 valence electrons. The first-order valence-electron chi connectivity index (χ1n) is 5.39. The first-order chi connectivity index (χ1) is 8.74. The molecule has 2 heterocycles. The first kappa shape index (κ1) is 10.9. The van der Waals surface area contributed by atoms with E-state index in [4.69, 9.17) is 0 Å². The Kier molecular flexibility index (Phi) is 2.56. The van der Waals surface area contributed by atoms with Gasteiger partial charge in [0.2, 0.25) is 0 Å². The Labute approximate surface area is 107 Å². The van der Waals surface area contributed by atoms with Crippen molar-refractivity contribution in [1.29, 1.82) is 0 Å². The number of rotatable bonds is 2. The number of hydrogen-bond donors (Lipinski definition) is 1. The minimum absolute atomic E-state index is 0.243. The Bertz CT molecular complexity index is 723. The molecule has 0 spiro atoms. The van der Waals surface area contributed by atoms with Crippen molar-refractivity contribution in [2.75, 3.05) is 0 Å². The second kappa shape index (κ2) is 4.23. The first-order valence-corrected chi connectivity index (χ1v) is 6.27. The van der Waals surface area contributed by atoms with E-state index in [0.717, 1.165) is 22.0 Å². The lowest BCUT2D eigenvalue weighted by atomic mass is 10.1. The van der Waals surface area contributed by atoms with Gasteiger partial charge in [-0.15, -0.1) is 11.3 Å². The van der Waals surface area contributed by atoms with Crippen LogP contribution in [0.2, 0.25) is 0 Å². The lowest BCUT2D eigenvalue weighted by Gasteiger charge is -2.01. The predicted octanol–water partition coefficient (Wildman–Crippen LogP) is 1.99. The molecule has 0 atom stereocenters. The molecule has 0 aliphatic heterocycles. The van der Waals surface area contributed by atoms with Gasteiger partial charge in [0, 0.05) is 10.9 Å². The summed E-state index contributed by atoms with van der Waals surface area (Å²) in [6, 6.07) is 7.65. The average Bonchev–Trinajstić information content (AvgIpc) is 2.98. The fraction of sp³-hybridized carbons (Fsp3) is 0.0833. The summed E-state index contributed by atoms with van der Waals surface area (Å²) in [5.74, 6) is 0. The van der Waals surface area contributed by atoms with Crippen LogP contribution in [0.3, 0.4) is 0 Å². The van der Waals surface area contributed by atoms with E-state index in [-0.39, 0.29) is 5.69 Å². The van der Waals surface area contributed by atoms with Gasteiger partial charge in [-0.3, -0.25) is 0 Å². The zero-order valence-corrected chi connectivity index (χ0v) is 10.4. The Balaban J connectivity index is 1.99. The maximum absolute atomic E-state index is 11.4. The SMILES string of the molecule is Cc1nc(-c2ccc(-n3cn[nH]c3=O)cc2)cs1. The number of aromatic amines is 1. The van der Waals surface area contributed by atoms with Crippen LogP contribution in [-0.2, 0) is 0 Å². The molecule has 0 fully saturated rings. The van der Waals surface area contributed by atoms with Gasteiger partial charge in [-0.05, 0) is 19.1 Å². The molecule has 1 N–H and O–H groups in total. The molecule has 3 rings (SSSR count). The van der Waals surface area contributed by atoms with E-state index in [9.17, 15) is 4.79 Å². The highest BCUT2D eigenvalue weighted by Gasteiger charge is 2.04. The molecule has 0 radical (unpaired) electrons. The fourth-order valence-corrected chi connectivity index (χ4v) is 2.34. The van der Waals surface area contributed by atoms with Crippen molar-refractivity contribution in [3.8, 4) is 16.9 Å². The maximum Gasteiger partial charge on any atom is 0.347 e. The van der Waals surface area contributed by atoms with Crippen molar-refractivity contribution < 1.29 is 0 Å². The predicted molar refractivity (Wildman–Crippen MR) is 70.0 cm³/mol. The summed E-state index contributed by atoms with van der Waals surface area (Å²) in [4.78, 5) is 15.8. The Morgan fingerprint density at radius 1 is 1.28 bits per heavy atom. The van der Waals surface area contributed by atoms with Gasteiger partial charge in [0.15, 0.2) is 0 Å². The molecule has 6 heteroatoms. The molecule has 3 aromatic rings. The molecule has 0 bridgehead atoms. The number of aromatic nitrogens is 4. The van der Waals surface area contributed by atoms with Gasteiger partial charge in [-0.25, -0.2) is 19.4 Å². The molecule has 0 saturated heterocycles. The monoisotopic (exact) mass is 258 g/mol. The molecular weight excluding hydrogens is 248 g/mol. The molecule has 0 saturated carbocycles. The number of H-pyrrole nitrogens is 1. The molecule has 18 heavy (non-hydrogen) atoms. The van der Waals surface area contributed by atoms with E-state index in [0.29, 0.717) is 0 Å². The van der Waals surface area contributed by atoms with E-state index in [1.165, 1.54) is 10.9 Å². The lowest BCUT2D eigenvalue weighted by Crippen LogP contribution is -2.13. The topological polar surface area (TPSA) is 63.6 Å². The van der Waals surface area contributed by atoms with Crippen molar-refractivity contribution in [2.45, 2.75) is 6.92 Å². The van der Waals surface area contributed by atoms with E-state index < -0.39 is 0 Å². The number of thiazole rings is 1. The molecule has 0 unspecified atom stereocenters. The highest BCUT2D eigenvalue weighted by molar-refractivity contribution is 7.09. The zero-order chi connectivity index (χ0) is 12.5. The summed E-state index contributed by atoms with van der Waals surface area (Å²) in [5, 5.41) is 9.12. The number of nitrogens with zero attached hydrogens (tertiary/aromatic N) is 3. The summed E-state index contributed by atoms with van der Waals surface area (Å²) in [5.41, 5.74) is 2.54. The van der Waals surface area contributed by atoms with Crippen LogP contribution in [0, 0.1) is 6.92 Å². The van der Waals surface area contributed by atoms with Gasteiger partial charge in [0.1, 0.15) is 6.33 Å². The largest absolute Gasteiger partial charge is 0.347 e. The van der Waals surface area contributed by atoms with Crippen molar-refractivity contribution >= 4 is 11.3 Å². The van der Waals surface area contributed by atoms with E-state index in [1.807, 2.05) is 36.6 Å². The summed E-state index contributed by atoms with van der Waals surface area (Å²) < 4.78 is 1.45. The number of nitrogens with one attached hydrogen (secondary N) is 1. The highest BCUT2D eigenvalue weighted by atomic mass is 32.1. The van der Waals surface area contributed by atoms with Crippen LogP contribution < -0.4 is 5.69 Å². The molecule has 1 aromatic carbocycles. The number of aryl methyl sites for hydroxylation is 1. The smallest absolute Gasteiger partial charge is 0.250 e. The van der Waals surface area contributed by atoms with Gasteiger partial charge in [-0.2, -0.15) is 5.10 Å². The third-order valence-corrected chi connectivity index (χ3v) is 3.39. The van der Waals surface area contributed by atoms with Crippen molar-refractivity contribution in [3.63, 3.8) is 0 Å². The van der Waals surface area contributed by atoms with E-state index in [1.54, 1.807) is 11.3 Å². The standard InChI is InChI=1S/C12H10N4OS/c1-8-14-11(6-18-8)9-2-4-10(5-3-9)16-7-13-15-12(16)17/h2-7H,1H3,(H,15,17). The normalized spacial score (nSPS) is 10.7. The van der Waals surface area contributed by atoms with Gasteiger partial charge in [0.25, 0.3) is 0 Å². The minimum atomic E-state index is -0.243. The summed E-state index contributed by atoms with van der Waals surface area (Å²) in [6.45, 7) is 1.98. The molecule has 0 aliphatic carbocycles. The molecule has 5 nitrogen and oxygen atoms in total. The van der Waals surface area contributed by atoms with Gasteiger partial charge in [0.05, 0.1) is 16.4 Å². The lowest BCUT2D eigenvalue weighted by molar-refractivity contribution is 0.983. The molecule has 2 aromatic heterocycles. The van der Waals surface area contributed by atoms with Crippen LogP contribution in [0.25, 0.3) is 16.9 Å². The summed E-state index contributed by atoms with van der Waals surface area (Å²) in [6.07, 6.45) is 1.46. The Morgan fingerprint density at radius 3 is 2.61 bits per heavy atom.